The van der Waals surface area contributed by atoms with Gasteiger partial charge in [0.15, 0.2) is 0 Å². The van der Waals surface area contributed by atoms with E-state index < -0.39 is 0 Å². The highest BCUT2D eigenvalue weighted by Crippen LogP contribution is 2.26. The Bertz CT molecular complexity index is 338. The van der Waals surface area contributed by atoms with Crippen LogP contribution in [0.1, 0.15) is 11.6 Å². The standard InChI is InChI=1S/C10H13N3O/c1-12-7-9(13(2)10(12)14)8-3-5-11-6-4-8/h3-6,9H,7H2,1-2H3. The maximum Gasteiger partial charge on any atom is 0.320 e. The summed E-state index contributed by atoms with van der Waals surface area (Å²) in [6.07, 6.45) is 3.51. The number of carbonyl (C=O) groups excluding carboxylic acids is 1. The van der Waals surface area contributed by atoms with Gasteiger partial charge in [-0.3, -0.25) is 4.98 Å². The molecule has 0 N–H and O–H groups in total. The number of aromatic nitrogens is 1. The quantitative estimate of drug-likeness (QED) is 0.667. The Hall–Kier alpha value is -1.58. The Balaban J connectivity index is 2.26. The molecule has 0 radical (unpaired) electrons. The predicted octanol–water partition coefficient (Wildman–Crippen LogP) is 1.12. The summed E-state index contributed by atoms with van der Waals surface area (Å²) in [5.74, 6) is 0. The summed E-state index contributed by atoms with van der Waals surface area (Å²) in [5.41, 5.74) is 1.14. The molecule has 0 aliphatic carbocycles. The average molecular weight is 191 g/mol. The van der Waals surface area contributed by atoms with Crippen molar-refractivity contribution in [2.24, 2.45) is 0 Å². The molecular formula is C10H13N3O. The Kier molecular flexibility index (Phi) is 2.11. The Morgan fingerprint density at radius 2 is 2.00 bits per heavy atom. The normalized spacial score (nSPS) is 21.9. The van der Waals surface area contributed by atoms with E-state index in [4.69, 9.17) is 0 Å². The third kappa shape index (κ3) is 1.32. The lowest BCUT2D eigenvalue weighted by Crippen LogP contribution is -2.26. The summed E-state index contributed by atoms with van der Waals surface area (Å²) >= 11 is 0. The molecule has 1 aromatic rings. The lowest BCUT2D eigenvalue weighted by molar-refractivity contribution is 0.201. The number of rotatable bonds is 1. The van der Waals surface area contributed by atoms with Crippen LogP contribution in [0.25, 0.3) is 0 Å². The topological polar surface area (TPSA) is 36.4 Å². The molecule has 0 spiro atoms. The van der Waals surface area contributed by atoms with E-state index in [0.717, 1.165) is 12.1 Å². The Morgan fingerprint density at radius 1 is 1.36 bits per heavy atom. The summed E-state index contributed by atoms with van der Waals surface area (Å²) in [6.45, 7) is 0.749. The number of likely N-dealkylation sites (N-methyl/N-ethyl adjacent to an activating group) is 2. The molecule has 74 valence electrons. The van der Waals surface area contributed by atoms with E-state index in [1.807, 2.05) is 26.2 Å². The minimum Gasteiger partial charge on any atom is -0.325 e. The van der Waals surface area contributed by atoms with Crippen LogP contribution in [0.4, 0.5) is 4.79 Å². The van der Waals surface area contributed by atoms with Crippen molar-refractivity contribution in [3.05, 3.63) is 30.1 Å². The second kappa shape index (κ2) is 3.29. The highest BCUT2D eigenvalue weighted by molar-refractivity contribution is 5.76. The third-order valence-corrected chi connectivity index (χ3v) is 2.63. The molecule has 4 heteroatoms. The van der Waals surface area contributed by atoms with Crippen LogP contribution in [0.15, 0.2) is 24.5 Å². The van der Waals surface area contributed by atoms with Gasteiger partial charge in [0.05, 0.1) is 6.04 Å². The van der Waals surface area contributed by atoms with Crippen molar-refractivity contribution in [2.75, 3.05) is 20.6 Å². The number of carbonyl (C=O) groups is 1. The Labute approximate surface area is 83.2 Å². The molecule has 1 unspecified atom stereocenters. The van der Waals surface area contributed by atoms with Crippen molar-refractivity contribution in [3.63, 3.8) is 0 Å². The molecular weight excluding hydrogens is 178 g/mol. The van der Waals surface area contributed by atoms with Crippen molar-refractivity contribution >= 4 is 6.03 Å². The van der Waals surface area contributed by atoms with E-state index in [2.05, 4.69) is 4.98 Å². The summed E-state index contributed by atoms with van der Waals surface area (Å²) < 4.78 is 0. The zero-order valence-electron chi connectivity index (χ0n) is 8.34. The fourth-order valence-corrected chi connectivity index (χ4v) is 1.78. The van der Waals surface area contributed by atoms with Crippen LogP contribution in [0, 0.1) is 0 Å². The highest BCUT2D eigenvalue weighted by Gasteiger charge is 2.32. The van der Waals surface area contributed by atoms with Gasteiger partial charge in [-0.2, -0.15) is 0 Å². The van der Waals surface area contributed by atoms with Gasteiger partial charge in [0.1, 0.15) is 0 Å². The number of amides is 2. The van der Waals surface area contributed by atoms with Gasteiger partial charge in [0.25, 0.3) is 0 Å². The molecule has 1 aromatic heterocycles. The monoisotopic (exact) mass is 191 g/mol. The number of pyridine rings is 1. The third-order valence-electron chi connectivity index (χ3n) is 2.63. The van der Waals surface area contributed by atoms with Crippen molar-refractivity contribution < 1.29 is 4.79 Å². The van der Waals surface area contributed by atoms with E-state index >= 15 is 0 Å². The summed E-state index contributed by atoms with van der Waals surface area (Å²) in [7, 11) is 3.65. The van der Waals surface area contributed by atoms with Crippen LogP contribution in [-0.4, -0.2) is 41.5 Å². The van der Waals surface area contributed by atoms with Crippen LogP contribution >= 0.6 is 0 Å². The molecule has 1 saturated heterocycles. The van der Waals surface area contributed by atoms with Gasteiger partial charge < -0.3 is 9.80 Å². The van der Waals surface area contributed by atoms with Crippen LogP contribution in [0.3, 0.4) is 0 Å². The fraction of sp³-hybridized carbons (Fsp3) is 0.400. The van der Waals surface area contributed by atoms with E-state index in [1.165, 1.54) is 0 Å². The van der Waals surface area contributed by atoms with Crippen molar-refractivity contribution in [1.29, 1.82) is 0 Å². The van der Waals surface area contributed by atoms with E-state index in [1.54, 1.807) is 22.2 Å². The maximum absolute atomic E-state index is 11.5. The first-order valence-corrected chi connectivity index (χ1v) is 4.58. The summed E-state index contributed by atoms with van der Waals surface area (Å²) in [4.78, 5) is 19.0. The highest BCUT2D eigenvalue weighted by atomic mass is 16.2. The number of hydrogen-bond acceptors (Lipinski definition) is 2. The van der Waals surface area contributed by atoms with E-state index in [-0.39, 0.29) is 12.1 Å². The minimum atomic E-state index is 0.0758. The molecule has 1 fully saturated rings. The predicted molar refractivity (Wildman–Crippen MR) is 52.8 cm³/mol. The summed E-state index contributed by atoms with van der Waals surface area (Å²) in [5, 5.41) is 0. The molecule has 0 bridgehead atoms. The van der Waals surface area contributed by atoms with Gasteiger partial charge in [-0.25, -0.2) is 4.79 Å². The first-order chi connectivity index (χ1) is 6.70. The van der Waals surface area contributed by atoms with Gasteiger partial charge in [0.2, 0.25) is 0 Å². The van der Waals surface area contributed by atoms with E-state index in [9.17, 15) is 4.79 Å². The molecule has 1 aliphatic rings. The van der Waals surface area contributed by atoms with Crippen molar-refractivity contribution in [2.45, 2.75) is 6.04 Å². The lowest BCUT2D eigenvalue weighted by Gasteiger charge is -2.17. The molecule has 0 saturated carbocycles. The Morgan fingerprint density at radius 3 is 2.50 bits per heavy atom. The van der Waals surface area contributed by atoms with Crippen molar-refractivity contribution in [3.8, 4) is 0 Å². The summed E-state index contributed by atoms with van der Waals surface area (Å²) in [6, 6.07) is 4.14. The zero-order valence-corrected chi connectivity index (χ0v) is 8.34. The first-order valence-electron chi connectivity index (χ1n) is 4.58. The molecule has 2 amide bonds. The van der Waals surface area contributed by atoms with Gasteiger partial charge in [-0.05, 0) is 17.7 Å². The zero-order chi connectivity index (χ0) is 10.1. The number of hydrogen-bond donors (Lipinski definition) is 0. The smallest absolute Gasteiger partial charge is 0.320 e. The molecule has 4 nitrogen and oxygen atoms in total. The van der Waals surface area contributed by atoms with Gasteiger partial charge >= 0.3 is 6.03 Å². The molecule has 1 atom stereocenters. The van der Waals surface area contributed by atoms with Crippen LogP contribution < -0.4 is 0 Å². The maximum atomic E-state index is 11.5. The van der Waals surface area contributed by atoms with E-state index in [0.29, 0.717) is 0 Å². The van der Waals surface area contributed by atoms with Gasteiger partial charge in [-0.15, -0.1) is 0 Å². The lowest BCUT2D eigenvalue weighted by atomic mass is 10.1. The second-order valence-electron chi connectivity index (χ2n) is 3.57. The molecule has 1 aliphatic heterocycles. The van der Waals surface area contributed by atoms with Gasteiger partial charge in [-0.1, -0.05) is 0 Å². The van der Waals surface area contributed by atoms with Gasteiger partial charge in [0, 0.05) is 33.0 Å². The largest absolute Gasteiger partial charge is 0.325 e. The number of nitrogens with zero attached hydrogens (tertiary/aromatic N) is 3. The first kappa shape index (κ1) is 8.99. The van der Waals surface area contributed by atoms with Crippen LogP contribution in [-0.2, 0) is 0 Å². The molecule has 2 rings (SSSR count). The fourth-order valence-electron chi connectivity index (χ4n) is 1.78. The SMILES string of the molecule is CN1CC(c2ccncc2)N(C)C1=O. The molecule has 2 heterocycles. The van der Waals surface area contributed by atoms with Crippen molar-refractivity contribution in [1.82, 2.24) is 14.8 Å². The second-order valence-corrected chi connectivity index (χ2v) is 3.57. The number of urea groups is 1. The van der Waals surface area contributed by atoms with Crippen LogP contribution in [0.2, 0.25) is 0 Å². The van der Waals surface area contributed by atoms with Crippen LogP contribution in [0.5, 0.6) is 0 Å². The minimum absolute atomic E-state index is 0.0758. The molecule has 0 aromatic carbocycles. The average Bonchev–Trinajstić information content (AvgIpc) is 2.47. The molecule has 14 heavy (non-hydrogen) atoms.